The van der Waals surface area contributed by atoms with Crippen molar-refractivity contribution in [2.45, 2.75) is 36.0 Å². The first-order chi connectivity index (χ1) is 17.3. The van der Waals surface area contributed by atoms with Gasteiger partial charge in [0.1, 0.15) is 11.4 Å². The highest BCUT2D eigenvalue weighted by atomic mass is 32.2. The van der Waals surface area contributed by atoms with Crippen molar-refractivity contribution in [3.8, 4) is 5.75 Å². The topological polar surface area (TPSA) is 98.8 Å². The number of aliphatic imine (C=N–C) groups is 1. The van der Waals surface area contributed by atoms with Crippen LogP contribution in [0.4, 0.5) is 32.0 Å². The molecule has 0 unspecified atom stereocenters. The first kappa shape index (κ1) is 27.0. The summed E-state index contributed by atoms with van der Waals surface area (Å²) in [6, 6.07) is 4.24. The molecule has 1 fully saturated rings. The number of nitrogens with one attached hydrogen (secondary N) is 1. The number of amides is 1. The number of carbonyl (C=O) groups is 1. The van der Waals surface area contributed by atoms with Crippen LogP contribution < -0.4 is 15.8 Å². The number of rotatable bonds is 9. The summed E-state index contributed by atoms with van der Waals surface area (Å²) in [6.07, 6.45) is -2.39. The summed E-state index contributed by atoms with van der Waals surface area (Å²) in [6.45, 7) is 0.412. The number of nitrogens with two attached hydrogens (primary N) is 1. The number of alkyl halides is 4. The average molecular weight is 549 g/mol. The minimum Gasteiger partial charge on any atom is -0.485 e. The van der Waals surface area contributed by atoms with Gasteiger partial charge in [-0.3, -0.25) is 9.79 Å². The fourth-order valence-corrected chi connectivity index (χ4v) is 5.85. The Balaban J connectivity index is 1.53. The predicted molar refractivity (Wildman–Crippen MR) is 124 cm³/mol. The highest BCUT2D eigenvalue weighted by Gasteiger charge is 2.66. The van der Waals surface area contributed by atoms with Crippen molar-refractivity contribution < 1.29 is 40.6 Å². The third kappa shape index (κ3) is 5.21. The molecule has 1 saturated carbocycles. The highest BCUT2D eigenvalue weighted by Crippen LogP contribution is 2.66. The van der Waals surface area contributed by atoms with Gasteiger partial charge in [-0.05, 0) is 31.5 Å². The number of amidine groups is 1. The van der Waals surface area contributed by atoms with Crippen molar-refractivity contribution in [3.63, 3.8) is 0 Å². The van der Waals surface area contributed by atoms with E-state index in [1.165, 1.54) is 24.9 Å². The number of aromatic nitrogens is 1. The lowest BCUT2D eigenvalue weighted by molar-refractivity contribution is -0.148. The average Bonchev–Trinajstić information content (AvgIpc) is 3.55. The molecule has 1 amide bonds. The lowest BCUT2D eigenvalue weighted by atomic mass is 9.85. The number of halogens is 6. The molecule has 0 radical (unpaired) electrons. The van der Waals surface area contributed by atoms with Crippen LogP contribution in [0, 0.1) is 17.6 Å². The van der Waals surface area contributed by atoms with Crippen molar-refractivity contribution in [2.75, 3.05) is 25.6 Å². The molecular formula is C23H22F6N4O3S. The Morgan fingerprint density at radius 1 is 1.32 bits per heavy atom. The molecule has 2 heterocycles. The molecule has 37 heavy (non-hydrogen) atoms. The summed E-state index contributed by atoms with van der Waals surface area (Å²) < 4.78 is 89.6. The maximum Gasteiger partial charge on any atom is 0.340 e. The number of hydrogen-bond donors (Lipinski definition) is 2. The quantitative estimate of drug-likeness (QED) is 0.446. The van der Waals surface area contributed by atoms with E-state index in [0.29, 0.717) is 13.0 Å². The monoisotopic (exact) mass is 548 g/mol. The Morgan fingerprint density at radius 3 is 2.68 bits per heavy atom. The minimum absolute atomic E-state index is 0.0798. The fourth-order valence-electron chi connectivity index (χ4n) is 4.40. The molecule has 0 saturated heterocycles. The van der Waals surface area contributed by atoms with Gasteiger partial charge < -0.3 is 20.5 Å². The highest BCUT2D eigenvalue weighted by molar-refractivity contribution is 8.15. The Kier molecular flexibility index (Phi) is 7.10. The predicted octanol–water partition coefficient (Wildman–Crippen LogP) is 4.57. The van der Waals surface area contributed by atoms with Crippen LogP contribution >= 0.6 is 11.8 Å². The Morgan fingerprint density at radius 2 is 2.05 bits per heavy atom. The van der Waals surface area contributed by atoms with Crippen molar-refractivity contribution in [1.29, 1.82) is 0 Å². The van der Waals surface area contributed by atoms with Crippen molar-refractivity contribution in [1.82, 2.24) is 4.98 Å². The molecule has 2 aromatic rings. The van der Waals surface area contributed by atoms with E-state index >= 15 is 0 Å². The second-order valence-corrected chi connectivity index (χ2v) is 10.4. The van der Waals surface area contributed by atoms with Crippen LogP contribution in [0.1, 0.15) is 29.4 Å². The number of fused-ring (bicyclic) bond motifs is 1. The molecule has 4 rings (SSSR count). The number of benzene rings is 1. The van der Waals surface area contributed by atoms with Crippen molar-refractivity contribution in [3.05, 3.63) is 53.4 Å². The van der Waals surface area contributed by atoms with Gasteiger partial charge in [0.25, 0.3) is 5.91 Å². The van der Waals surface area contributed by atoms with E-state index in [2.05, 4.69) is 20.0 Å². The number of nitrogens with zero attached hydrogens (tertiary/aromatic N) is 2. The van der Waals surface area contributed by atoms with E-state index in [9.17, 15) is 31.1 Å². The van der Waals surface area contributed by atoms with Gasteiger partial charge in [-0.25, -0.2) is 22.5 Å². The van der Waals surface area contributed by atoms with Gasteiger partial charge in [0.2, 0.25) is 0 Å². The molecule has 1 aliphatic heterocycles. The lowest BCUT2D eigenvalue weighted by Gasteiger charge is -2.34. The third-order valence-corrected chi connectivity index (χ3v) is 7.57. The number of thioether (sulfide) groups is 1. The van der Waals surface area contributed by atoms with Gasteiger partial charge in [-0.15, -0.1) is 0 Å². The Labute approximate surface area is 211 Å². The van der Waals surface area contributed by atoms with Crippen LogP contribution in [0.3, 0.4) is 0 Å². The molecule has 1 aromatic heterocycles. The van der Waals surface area contributed by atoms with Crippen LogP contribution in [-0.4, -0.2) is 53.5 Å². The van der Waals surface area contributed by atoms with Gasteiger partial charge in [0.15, 0.2) is 23.4 Å². The number of hydrogen-bond acceptors (Lipinski definition) is 7. The molecule has 0 bridgehead atoms. The van der Waals surface area contributed by atoms with Gasteiger partial charge in [0.05, 0.1) is 23.1 Å². The number of anilines is 1. The smallest absolute Gasteiger partial charge is 0.340 e. The van der Waals surface area contributed by atoms with Crippen molar-refractivity contribution >= 4 is 28.5 Å². The standard InChI is InChI=1S/C23H22F6N4O3S/c1-21(16-7-22(16,9-35-2)37-20(30)33-21)13-5-11(6-14(24)17(13)25)32-18(34)15-4-3-12(8-31-15)36-10-23(28,29)19(26)27/h3-6,8,16,19H,7,9-10H2,1-2H3,(H2,30,33)(H,32,34)/t16-,21-,22+/m0/s1. The summed E-state index contributed by atoms with van der Waals surface area (Å²) in [7, 11) is 1.53. The van der Waals surface area contributed by atoms with Crippen LogP contribution in [0.25, 0.3) is 0 Å². The van der Waals surface area contributed by atoms with E-state index in [-0.39, 0.29) is 33.8 Å². The van der Waals surface area contributed by atoms with Crippen LogP contribution in [0.15, 0.2) is 35.5 Å². The van der Waals surface area contributed by atoms with Crippen LogP contribution in [-0.2, 0) is 10.3 Å². The summed E-state index contributed by atoms with van der Waals surface area (Å²) in [5, 5.41) is 2.62. The molecule has 2 aliphatic rings. The maximum absolute atomic E-state index is 15.0. The molecule has 1 aliphatic carbocycles. The van der Waals surface area contributed by atoms with E-state index in [1.807, 2.05) is 0 Å². The van der Waals surface area contributed by atoms with E-state index in [0.717, 1.165) is 24.4 Å². The summed E-state index contributed by atoms with van der Waals surface area (Å²) in [4.78, 5) is 20.8. The zero-order chi connectivity index (χ0) is 27.2. The first-order valence-corrected chi connectivity index (χ1v) is 11.7. The zero-order valence-electron chi connectivity index (χ0n) is 19.5. The van der Waals surface area contributed by atoms with Crippen LogP contribution in [0.5, 0.6) is 5.75 Å². The van der Waals surface area contributed by atoms with Gasteiger partial charge >= 0.3 is 12.3 Å². The van der Waals surface area contributed by atoms with Gasteiger partial charge in [-0.1, -0.05) is 11.8 Å². The number of methoxy groups -OCH3 is 1. The van der Waals surface area contributed by atoms with Crippen LogP contribution in [0.2, 0.25) is 0 Å². The maximum atomic E-state index is 15.0. The Hall–Kier alpha value is -3.00. The summed E-state index contributed by atoms with van der Waals surface area (Å²) >= 11 is 1.33. The minimum atomic E-state index is -4.35. The SMILES string of the molecule is COC[C@]12C[C@H]1[C@](C)(c1cc(NC(=O)c3ccc(OCC(F)(F)C(F)F)cn3)cc(F)c1F)N=C(N)S2. The van der Waals surface area contributed by atoms with E-state index in [1.54, 1.807) is 6.92 Å². The van der Waals surface area contributed by atoms with E-state index in [4.69, 9.17) is 10.5 Å². The summed E-state index contributed by atoms with van der Waals surface area (Å²) in [5.74, 6) is -7.97. The Bertz CT molecular complexity index is 1230. The molecule has 3 N–H and O–H groups in total. The van der Waals surface area contributed by atoms with Gasteiger partial charge in [-0.2, -0.15) is 8.78 Å². The second kappa shape index (κ2) is 9.71. The molecule has 0 spiro atoms. The second-order valence-electron chi connectivity index (χ2n) is 8.96. The third-order valence-electron chi connectivity index (χ3n) is 6.29. The lowest BCUT2D eigenvalue weighted by Crippen LogP contribution is -2.38. The molecule has 14 heteroatoms. The number of ether oxygens (including phenoxy) is 2. The number of carbonyl (C=O) groups excluding carboxylic acids is 1. The molecule has 7 nitrogen and oxygen atoms in total. The molecule has 200 valence electrons. The van der Waals surface area contributed by atoms with Gasteiger partial charge in [0, 0.05) is 30.3 Å². The number of pyridine rings is 1. The summed E-state index contributed by atoms with van der Waals surface area (Å²) in [5.41, 5.74) is 4.41. The molecule has 3 atom stereocenters. The normalized spacial score (nSPS) is 24.9. The van der Waals surface area contributed by atoms with E-state index < -0.39 is 46.8 Å². The molecular weight excluding hydrogens is 526 g/mol. The first-order valence-electron chi connectivity index (χ1n) is 10.9. The molecule has 1 aromatic carbocycles. The fraction of sp³-hybridized carbons (Fsp3) is 0.435. The van der Waals surface area contributed by atoms with Crippen molar-refractivity contribution in [2.24, 2.45) is 16.6 Å². The zero-order valence-corrected chi connectivity index (χ0v) is 20.4. The largest absolute Gasteiger partial charge is 0.485 e.